The molecule has 0 atom stereocenters. The van der Waals surface area contributed by atoms with E-state index >= 15 is 0 Å². The van der Waals surface area contributed by atoms with Crippen molar-refractivity contribution in [3.8, 4) is 5.69 Å². The highest BCUT2D eigenvalue weighted by Gasteiger charge is 2.09. The Morgan fingerprint density at radius 3 is 2.47 bits per heavy atom. The molecule has 1 aromatic heterocycles. The molecule has 0 radical (unpaired) electrons. The Morgan fingerprint density at radius 1 is 1.24 bits per heavy atom. The second-order valence-corrected chi connectivity index (χ2v) is 4.02. The summed E-state index contributed by atoms with van der Waals surface area (Å²) >= 11 is 11.6. The number of rotatable bonds is 2. The van der Waals surface area contributed by atoms with Gasteiger partial charge in [-0.05, 0) is 24.3 Å². The van der Waals surface area contributed by atoms with Gasteiger partial charge in [0.15, 0.2) is 0 Å². The molecule has 0 aliphatic carbocycles. The summed E-state index contributed by atoms with van der Waals surface area (Å²) in [4.78, 5) is 11.9. The number of halogens is 2. The summed E-state index contributed by atoms with van der Waals surface area (Å²) < 4.78 is 1.17. The first-order valence-corrected chi connectivity index (χ1v) is 5.39. The quantitative estimate of drug-likeness (QED) is 0.645. The summed E-state index contributed by atoms with van der Waals surface area (Å²) in [5.41, 5.74) is 2.69. The Morgan fingerprint density at radius 2 is 1.88 bits per heavy atom. The number of aromatic nitrogens is 2. The van der Waals surface area contributed by atoms with E-state index in [-0.39, 0.29) is 10.7 Å². The van der Waals surface area contributed by atoms with Crippen LogP contribution in [0.5, 0.6) is 0 Å². The van der Waals surface area contributed by atoms with Crippen molar-refractivity contribution in [2.75, 3.05) is 5.43 Å². The standard InChI is InChI=1S/C10H8Cl2N4O/c11-6-1-3-7(4-2-6)16-10(17)9(12)8(15-13)5-14-16/h1-5,15H,13H2. The number of anilines is 1. The molecule has 0 aliphatic heterocycles. The SMILES string of the molecule is NNc1cnn(-c2ccc(Cl)cc2)c(=O)c1Cl. The molecule has 0 bridgehead atoms. The molecule has 3 N–H and O–H groups in total. The van der Waals surface area contributed by atoms with Gasteiger partial charge in [0.2, 0.25) is 0 Å². The van der Waals surface area contributed by atoms with Gasteiger partial charge in [0.1, 0.15) is 5.02 Å². The van der Waals surface area contributed by atoms with Crippen LogP contribution in [-0.4, -0.2) is 9.78 Å². The Labute approximate surface area is 107 Å². The minimum atomic E-state index is -0.454. The molecule has 0 saturated heterocycles. The van der Waals surface area contributed by atoms with E-state index < -0.39 is 5.56 Å². The molecule has 0 saturated carbocycles. The summed E-state index contributed by atoms with van der Waals surface area (Å²) in [6.07, 6.45) is 1.37. The maximum Gasteiger partial charge on any atom is 0.292 e. The number of nitrogens with two attached hydrogens (primary N) is 1. The van der Waals surface area contributed by atoms with Crippen molar-refractivity contribution < 1.29 is 0 Å². The number of nitrogen functional groups attached to an aromatic ring is 1. The normalized spacial score (nSPS) is 10.3. The van der Waals surface area contributed by atoms with E-state index in [1.165, 1.54) is 10.9 Å². The highest BCUT2D eigenvalue weighted by molar-refractivity contribution is 6.33. The molecule has 0 fully saturated rings. The summed E-state index contributed by atoms with van der Waals surface area (Å²) in [6, 6.07) is 6.66. The predicted molar refractivity (Wildman–Crippen MR) is 67.7 cm³/mol. The lowest BCUT2D eigenvalue weighted by Crippen LogP contribution is -2.23. The van der Waals surface area contributed by atoms with Gasteiger partial charge >= 0.3 is 0 Å². The molecule has 5 nitrogen and oxygen atoms in total. The summed E-state index contributed by atoms with van der Waals surface area (Å²) in [5, 5.41) is 4.50. The lowest BCUT2D eigenvalue weighted by Gasteiger charge is -2.07. The molecule has 1 aromatic carbocycles. The Hall–Kier alpha value is -1.56. The van der Waals surface area contributed by atoms with Crippen LogP contribution < -0.4 is 16.8 Å². The van der Waals surface area contributed by atoms with Crippen molar-refractivity contribution in [2.45, 2.75) is 0 Å². The summed E-state index contributed by atoms with van der Waals surface area (Å²) in [6.45, 7) is 0. The maximum atomic E-state index is 11.9. The number of hydrazine groups is 1. The minimum Gasteiger partial charge on any atom is -0.321 e. The van der Waals surface area contributed by atoms with Crippen LogP contribution in [0.3, 0.4) is 0 Å². The fourth-order valence-corrected chi connectivity index (χ4v) is 1.61. The van der Waals surface area contributed by atoms with Gasteiger partial charge < -0.3 is 5.43 Å². The first kappa shape index (κ1) is 11.9. The van der Waals surface area contributed by atoms with Crippen LogP contribution in [0.15, 0.2) is 35.3 Å². The monoisotopic (exact) mass is 270 g/mol. The van der Waals surface area contributed by atoms with Crippen LogP contribution in [0, 0.1) is 0 Å². The smallest absolute Gasteiger partial charge is 0.292 e. The van der Waals surface area contributed by atoms with Gasteiger partial charge in [0.25, 0.3) is 5.56 Å². The number of nitrogens with one attached hydrogen (secondary N) is 1. The van der Waals surface area contributed by atoms with Gasteiger partial charge in [-0.2, -0.15) is 9.78 Å². The van der Waals surface area contributed by atoms with Crippen molar-refractivity contribution in [1.29, 1.82) is 0 Å². The third-order valence-electron chi connectivity index (χ3n) is 2.15. The number of benzene rings is 1. The van der Waals surface area contributed by atoms with Crippen molar-refractivity contribution in [3.05, 3.63) is 50.9 Å². The lowest BCUT2D eigenvalue weighted by atomic mass is 10.3. The first-order chi connectivity index (χ1) is 8.13. The molecule has 17 heavy (non-hydrogen) atoms. The van der Waals surface area contributed by atoms with E-state index in [1.54, 1.807) is 24.3 Å². The Bertz CT molecular complexity index is 594. The zero-order valence-corrected chi connectivity index (χ0v) is 10.0. The van der Waals surface area contributed by atoms with Crippen molar-refractivity contribution >= 4 is 28.9 Å². The van der Waals surface area contributed by atoms with Crippen molar-refractivity contribution in [3.63, 3.8) is 0 Å². The minimum absolute atomic E-state index is 0.0162. The molecule has 0 amide bonds. The number of nitrogens with zero attached hydrogens (tertiary/aromatic N) is 2. The predicted octanol–water partition coefficient (Wildman–Crippen LogP) is 1.82. The van der Waals surface area contributed by atoms with Gasteiger partial charge in [-0.15, -0.1) is 0 Å². The van der Waals surface area contributed by atoms with Gasteiger partial charge in [-0.1, -0.05) is 23.2 Å². The van der Waals surface area contributed by atoms with Gasteiger partial charge in [0.05, 0.1) is 17.6 Å². The van der Waals surface area contributed by atoms with Crippen LogP contribution in [0.2, 0.25) is 10.0 Å². The van der Waals surface area contributed by atoms with Crippen LogP contribution >= 0.6 is 23.2 Å². The first-order valence-electron chi connectivity index (χ1n) is 4.64. The molecular formula is C10H8Cl2N4O. The number of hydrogen-bond acceptors (Lipinski definition) is 4. The van der Waals surface area contributed by atoms with Crippen LogP contribution in [0.4, 0.5) is 5.69 Å². The molecule has 2 rings (SSSR count). The molecular weight excluding hydrogens is 263 g/mol. The summed E-state index contributed by atoms with van der Waals surface area (Å²) in [7, 11) is 0. The topological polar surface area (TPSA) is 72.9 Å². The average Bonchev–Trinajstić information content (AvgIpc) is 2.34. The van der Waals surface area contributed by atoms with Gasteiger partial charge in [0, 0.05) is 5.02 Å². The maximum absolute atomic E-state index is 11.9. The van der Waals surface area contributed by atoms with E-state index in [0.717, 1.165) is 0 Å². The summed E-state index contributed by atoms with van der Waals surface area (Å²) in [5.74, 6) is 5.19. The van der Waals surface area contributed by atoms with E-state index in [1.807, 2.05) is 0 Å². The van der Waals surface area contributed by atoms with Crippen molar-refractivity contribution in [1.82, 2.24) is 9.78 Å². The van der Waals surface area contributed by atoms with Gasteiger partial charge in [-0.25, -0.2) is 0 Å². The zero-order valence-electron chi connectivity index (χ0n) is 8.52. The van der Waals surface area contributed by atoms with E-state index in [4.69, 9.17) is 29.0 Å². The molecule has 88 valence electrons. The Balaban J connectivity index is 2.57. The molecule has 7 heteroatoms. The fraction of sp³-hybridized carbons (Fsp3) is 0. The molecule has 0 spiro atoms. The Kier molecular flexibility index (Phi) is 3.33. The molecule has 0 aliphatic rings. The average molecular weight is 271 g/mol. The zero-order chi connectivity index (χ0) is 12.4. The highest BCUT2D eigenvalue weighted by Crippen LogP contribution is 2.16. The third kappa shape index (κ3) is 2.26. The third-order valence-corrected chi connectivity index (χ3v) is 2.76. The molecule has 2 aromatic rings. The number of hydrogen-bond donors (Lipinski definition) is 2. The highest BCUT2D eigenvalue weighted by atomic mass is 35.5. The van der Waals surface area contributed by atoms with Crippen LogP contribution in [0.25, 0.3) is 5.69 Å². The molecule has 1 heterocycles. The van der Waals surface area contributed by atoms with E-state index in [2.05, 4.69) is 10.5 Å². The largest absolute Gasteiger partial charge is 0.321 e. The fourth-order valence-electron chi connectivity index (χ4n) is 1.30. The second kappa shape index (κ2) is 4.75. The van der Waals surface area contributed by atoms with E-state index in [9.17, 15) is 4.79 Å². The van der Waals surface area contributed by atoms with Crippen LogP contribution in [0.1, 0.15) is 0 Å². The van der Waals surface area contributed by atoms with Crippen molar-refractivity contribution in [2.24, 2.45) is 5.84 Å². The lowest BCUT2D eigenvalue weighted by molar-refractivity contribution is 0.808. The molecule has 0 unspecified atom stereocenters. The second-order valence-electron chi connectivity index (χ2n) is 3.21. The van der Waals surface area contributed by atoms with Gasteiger partial charge in [-0.3, -0.25) is 10.6 Å². The van der Waals surface area contributed by atoms with E-state index in [0.29, 0.717) is 10.7 Å². The van der Waals surface area contributed by atoms with Crippen LogP contribution in [-0.2, 0) is 0 Å².